The third-order valence-corrected chi connectivity index (χ3v) is 5.23. The standard InChI is InChI=1S/C24H21ClN2O6/c1-15-11-20(21(27(30)31)12-16(15)2)26-23(28)14-33-24(29)18-8-4-6-10-22(18)32-13-17-7-3-5-9-19(17)25/h3-12H,13-14H2,1-2H3,(H,26,28). The van der Waals surface area contributed by atoms with Crippen molar-refractivity contribution in [2.75, 3.05) is 11.9 Å². The van der Waals surface area contributed by atoms with Crippen molar-refractivity contribution in [1.82, 2.24) is 0 Å². The van der Waals surface area contributed by atoms with Gasteiger partial charge in [0.05, 0.1) is 4.92 Å². The number of esters is 1. The van der Waals surface area contributed by atoms with Gasteiger partial charge in [-0.2, -0.15) is 0 Å². The van der Waals surface area contributed by atoms with Crippen LogP contribution in [0, 0.1) is 24.0 Å². The highest BCUT2D eigenvalue weighted by molar-refractivity contribution is 6.31. The Morgan fingerprint density at radius 3 is 2.42 bits per heavy atom. The van der Waals surface area contributed by atoms with Crippen molar-refractivity contribution < 1.29 is 24.0 Å². The first kappa shape index (κ1) is 23.7. The molecule has 0 saturated carbocycles. The fourth-order valence-electron chi connectivity index (χ4n) is 2.98. The molecule has 0 spiro atoms. The number of hydrogen-bond donors (Lipinski definition) is 1. The van der Waals surface area contributed by atoms with Crippen LogP contribution in [0.3, 0.4) is 0 Å². The Labute approximate surface area is 195 Å². The van der Waals surface area contributed by atoms with Gasteiger partial charge in [0.1, 0.15) is 23.6 Å². The summed E-state index contributed by atoms with van der Waals surface area (Å²) in [6.45, 7) is 3.03. The Balaban J connectivity index is 1.65. The molecule has 0 unspecified atom stereocenters. The van der Waals surface area contributed by atoms with Gasteiger partial charge >= 0.3 is 5.97 Å². The van der Waals surface area contributed by atoms with Gasteiger partial charge in [0.2, 0.25) is 0 Å². The highest BCUT2D eigenvalue weighted by Gasteiger charge is 2.20. The van der Waals surface area contributed by atoms with Crippen LogP contribution in [0.15, 0.2) is 60.7 Å². The summed E-state index contributed by atoms with van der Waals surface area (Å²) in [4.78, 5) is 35.6. The fourth-order valence-corrected chi connectivity index (χ4v) is 3.17. The largest absolute Gasteiger partial charge is 0.488 e. The zero-order valence-electron chi connectivity index (χ0n) is 18.0. The van der Waals surface area contributed by atoms with Gasteiger partial charge in [0, 0.05) is 16.7 Å². The predicted molar refractivity (Wildman–Crippen MR) is 124 cm³/mol. The second-order valence-corrected chi connectivity index (χ2v) is 7.62. The summed E-state index contributed by atoms with van der Waals surface area (Å²) in [7, 11) is 0. The van der Waals surface area contributed by atoms with Crippen LogP contribution in [-0.4, -0.2) is 23.4 Å². The molecule has 0 aliphatic heterocycles. The third-order valence-electron chi connectivity index (χ3n) is 4.87. The first-order valence-electron chi connectivity index (χ1n) is 9.94. The van der Waals surface area contributed by atoms with Crippen LogP contribution in [0.1, 0.15) is 27.0 Å². The van der Waals surface area contributed by atoms with Crippen molar-refractivity contribution in [2.24, 2.45) is 0 Å². The van der Waals surface area contributed by atoms with Crippen molar-refractivity contribution in [3.05, 3.63) is 98.1 Å². The van der Waals surface area contributed by atoms with Crippen LogP contribution in [0.5, 0.6) is 5.75 Å². The van der Waals surface area contributed by atoms with E-state index in [2.05, 4.69) is 5.32 Å². The van der Waals surface area contributed by atoms with Gasteiger partial charge in [-0.05, 0) is 49.2 Å². The number of nitro benzene ring substituents is 1. The van der Waals surface area contributed by atoms with Crippen LogP contribution < -0.4 is 10.1 Å². The molecule has 3 rings (SSSR count). The molecule has 3 aromatic rings. The number of aryl methyl sites for hydroxylation is 2. The number of hydrogen-bond acceptors (Lipinski definition) is 6. The van der Waals surface area contributed by atoms with E-state index >= 15 is 0 Å². The maximum Gasteiger partial charge on any atom is 0.342 e. The number of nitrogens with zero attached hydrogens (tertiary/aromatic N) is 1. The van der Waals surface area contributed by atoms with Crippen molar-refractivity contribution in [3.63, 3.8) is 0 Å². The monoisotopic (exact) mass is 468 g/mol. The molecule has 1 amide bonds. The summed E-state index contributed by atoms with van der Waals surface area (Å²) < 4.78 is 10.8. The molecule has 0 aliphatic carbocycles. The number of para-hydroxylation sites is 1. The number of halogens is 1. The van der Waals surface area contributed by atoms with Gasteiger partial charge in [-0.3, -0.25) is 14.9 Å². The molecule has 1 N–H and O–H groups in total. The number of carbonyl (C=O) groups excluding carboxylic acids is 2. The molecule has 3 aromatic carbocycles. The van der Waals surface area contributed by atoms with Gasteiger partial charge in [0.15, 0.2) is 6.61 Å². The van der Waals surface area contributed by atoms with E-state index in [0.717, 1.165) is 16.7 Å². The molecular weight excluding hydrogens is 448 g/mol. The van der Waals surface area contributed by atoms with E-state index in [0.29, 0.717) is 5.02 Å². The van der Waals surface area contributed by atoms with E-state index in [1.54, 1.807) is 50.2 Å². The summed E-state index contributed by atoms with van der Waals surface area (Å²) in [5.74, 6) is -1.20. The highest BCUT2D eigenvalue weighted by Crippen LogP contribution is 2.28. The third kappa shape index (κ3) is 6.08. The van der Waals surface area contributed by atoms with Crippen LogP contribution in [0.25, 0.3) is 0 Å². The minimum absolute atomic E-state index is 0.0348. The average Bonchev–Trinajstić information content (AvgIpc) is 2.79. The molecule has 0 fully saturated rings. The fraction of sp³-hybridized carbons (Fsp3) is 0.167. The molecule has 8 nitrogen and oxygen atoms in total. The maximum absolute atomic E-state index is 12.6. The molecule has 0 aromatic heterocycles. The maximum atomic E-state index is 12.6. The zero-order valence-corrected chi connectivity index (χ0v) is 18.7. The Morgan fingerprint density at radius 1 is 1.03 bits per heavy atom. The number of anilines is 1. The predicted octanol–water partition coefficient (Wildman–Crippen LogP) is 5.24. The average molecular weight is 469 g/mol. The number of rotatable bonds is 8. The summed E-state index contributed by atoms with van der Waals surface area (Å²) in [6.07, 6.45) is 0. The van der Waals surface area contributed by atoms with E-state index in [-0.39, 0.29) is 29.3 Å². The van der Waals surface area contributed by atoms with E-state index < -0.39 is 23.4 Å². The number of carbonyl (C=O) groups is 2. The number of nitrogens with one attached hydrogen (secondary N) is 1. The number of amides is 1. The van der Waals surface area contributed by atoms with E-state index in [4.69, 9.17) is 21.1 Å². The second-order valence-electron chi connectivity index (χ2n) is 7.21. The van der Waals surface area contributed by atoms with Gasteiger partial charge < -0.3 is 14.8 Å². The van der Waals surface area contributed by atoms with Crippen LogP contribution >= 0.6 is 11.6 Å². The molecule has 0 radical (unpaired) electrons. The minimum atomic E-state index is -0.769. The smallest absolute Gasteiger partial charge is 0.342 e. The summed E-state index contributed by atoms with van der Waals surface area (Å²) in [6, 6.07) is 16.5. The molecular formula is C24H21ClN2O6. The molecule has 0 aliphatic rings. The van der Waals surface area contributed by atoms with Crippen LogP contribution in [0.4, 0.5) is 11.4 Å². The molecule has 9 heteroatoms. The molecule has 33 heavy (non-hydrogen) atoms. The quantitative estimate of drug-likeness (QED) is 0.275. The van der Waals surface area contributed by atoms with Gasteiger partial charge in [0.25, 0.3) is 11.6 Å². The first-order valence-corrected chi connectivity index (χ1v) is 10.3. The number of nitro groups is 1. The van der Waals surface area contributed by atoms with Crippen molar-refractivity contribution in [3.8, 4) is 5.75 Å². The minimum Gasteiger partial charge on any atom is -0.488 e. The lowest BCUT2D eigenvalue weighted by atomic mass is 10.1. The molecule has 170 valence electrons. The summed E-state index contributed by atoms with van der Waals surface area (Å²) in [5.41, 5.74) is 2.17. The molecule has 0 saturated heterocycles. The first-order chi connectivity index (χ1) is 15.8. The van der Waals surface area contributed by atoms with Crippen molar-refractivity contribution >= 4 is 34.9 Å². The summed E-state index contributed by atoms with van der Waals surface area (Å²) >= 11 is 6.13. The highest BCUT2D eigenvalue weighted by atomic mass is 35.5. The normalized spacial score (nSPS) is 10.4. The van der Waals surface area contributed by atoms with Gasteiger partial charge in [-0.15, -0.1) is 0 Å². The summed E-state index contributed by atoms with van der Waals surface area (Å²) in [5, 5.41) is 14.3. The Hall–Kier alpha value is -3.91. The Bertz CT molecular complexity index is 1210. The number of ether oxygens (including phenoxy) is 2. The van der Waals surface area contributed by atoms with Gasteiger partial charge in [-0.1, -0.05) is 41.9 Å². The van der Waals surface area contributed by atoms with Crippen LogP contribution in [0.2, 0.25) is 5.02 Å². The topological polar surface area (TPSA) is 108 Å². The Morgan fingerprint density at radius 2 is 1.70 bits per heavy atom. The lowest BCUT2D eigenvalue weighted by Crippen LogP contribution is -2.22. The molecule has 0 atom stereocenters. The lowest BCUT2D eigenvalue weighted by Gasteiger charge is -2.12. The molecule has 0 heterocycles. The number of benzene rings is 3. The lowest BCUT2D eigenvalue weighted by molar-refractivity contribution is -0.384. The van der Waals surface area contributed by atoms with Crippen molar-refractivity contribution in [1.29, 1.82) is 0 Å². The van der Waals surface area contributed by atoms with E-state index in [1.165, 1.54) is 18.2 Å². The Kier molecular flexibility index (Phi) is 7.63. The van der Waals surface area contributed by atoms with Crippen molar-refractivity contribution in [2.45, 2.75) is 20.5 Å². The van der Waals surface area contributed by atoms with Gasteiger partial charge in [-0.25, -0.2) is 4.79 Å². The second kappa shape index (κ2) is 10.6. The SMILES string of the molecule is Cc1cc(NC(=O)COC(=O)c2ccccc2OCc2ccccc2Cl)c([N+](=O)[O-])cc1C. The van der Waals surface area contributed by atoms with Crippen LogP contribution in [-0.2, 0) is 16.1 Å². The molecule has 0 bridgehead atoms. The zero-order chi connectivity index (χ0) is 24.0. The van der Waals surface area contributed by atoms with E-state index in [9.17, 15) is 19.7 Å². The van der Waals surface area contributed by atoms with E-state index in [1.807, 2.05) is 6.07 Å².